The van der Waals surface area contributed by atoms with Gasteiger partial charge in [-0.3, -0.25) is 4.79 Å². The summed E-state index contributed by atoms with van der Waals surface area (Å²) in [5, 5.41) is 4.10. The number of nitrogens with one attached hydrogen (secondary N) is 1. The molecule has 31 heavy (non-hydrogen) atoms. The fourth-order valence-corrected chi connectivity index (χ4v) is 5.31. The molecule has 1 unspecified atom stereocenters. The molecule has 0 radical (unpaired) electrons. The zero-order valence-corrected chi connectivity index (χ0v) is 20.2. The average molecular weight is 454 g/mol. The molecule has 2 aliphatic rings. The van der Waals surface area contributed by atoms with E-state index in [9.17, 15) is 4.79 Å². The number of carbonyl (C=O) groups is 1. The fraction of sp³-hybridized carbons (Fsp3) is 0.360. The van der Waals surface area contributed by atoms with Gasteiger partial charge < -0.3 is 10.2 Å². The van der Waals surface area contributed by atoms with Gasteiger partial charge in [-0.1, -0.05) is 37.6 Å². The van der Waals surface area contributed by atoms with E-state index in [1.54, 1.807) is 0 Å². The second-order valence-electron chi connectivity index (χ2n) is 8.91. The quantitative estimate of drug-likeness (QED) is 0.538. The van der Waals surface area contributed by atoms with Crippen LogP contribution in [0.2, 0.25) is 5.02 Å². The monoisotopic (exact) mass is 453 g/mol. The summed E-state index contributed by atoms with van der Waals surface area (Å²) in [6.45, 7) is 8.89. The molecule has 0 aliphatic carbocycles. The number of rotatable bonds is 3. The van der Waals surface area contributed by atoms with Crippen LogP contribution in [0.25, 0.3) is 6.08 Å². The van der Waals surface area contributed by atoms with Gasteiger partial charge in [0.25, 0.3) is 5.91 Å². The summed E-state index contributed by atoms with van der Waals surface area (Å²) in [4.78, 5) is 20.0. The highest BCUT2D eigenvalue weighted by molar-refractivity contribution is 8.18. The number of fused-ring (bicyclic) bond motifs is 1. The highest BCUT2D eigenvalue weighted by Gasteiger charge is 2.34. The molecule has 2 heterocycles. The third kappa shape index (κ3) is 4.39. The van der Waals surface area contributed by atoms with Crippen LogP contribution in [0.3, 0.4) is 0 Å². The van der Waals surface area contributed by atoms with Gasteiger partial charge in [0.05, 0.1) is 10.6 Å². The van der Waals surface area contributed by atoms with Gasteiger partial charge in [0.15, 0.2) is 5.17 Å². The molecule has 1 fully saturated rings. The number of aliphatic imine (C=N–C) groups is 1. The van der Waals surface area contributed by atoms with E-state index in [-0.39, 0.29) is 11.4 Å². The smallest absolute Gasteiger partial charge is 0.264 e. The van der Waals surface area contributed by atoms with Gasteiger partial charge in [0.2, 0.25) is 0 Å². The molecule has 2 aliphatic heterocycles. The van der Waals surface area contributed by atoms with Crippen molar-refractivity contribution in [2.45, 2.75) is 52.0 Å². The third-order valence-corrected chi connectivity index (χ3v) is 7.50. The Morgan fingerprint density at radius 2 is 2.00 bits per heavy atom. The van der Waals surface area contributed by atoms with Crippen LogP contribution in [0.4, 0.5) is 11.4 Å². The lowest BCUT2D eigenvalue weighted by Crippen LogP contribution is -2.45. The summed E-state index contributed by atoms with van der Waals surface area (Å²) >= 11 is 7.99. The first-order chi connectivity index (χ1) is 14.7. The van der Waals surface area contributed by atoms with Crippen LogP contribution in [0.1, 0.15) is 56.7 Å². The number of thioether (sulfide) groups is 1. The molecule has 4 rings (SSSR count). The van der Waals surface area contributed by atoms with Crippen LogP contribution in [-0.2, 0) is 11.2 Å². The summed E-state index contributed by atoms with van der Waals surface area (Å²) in [6, 6.07) is 12.2. The van der Waals surface area contributed by atoms with E-state index in [1.807, 2.05) is 24.3 Å². The molecule has 4 nitrogen and oxygen atoms in total. The molecule has 1 amide bonds. The van der Waals surface area contributed by atoms with Crippen molar-refractivity contribution in [3.63, 3.8) is 0 Å². The van der Waals surface area contributed by atoms with Crippen molar-refractivity contribution in [1.82, 2.24) is 5.32 Å². The first kappa shape index (κ1) is 22.0. The van der Waals surface area contributed by atoms with E-state index in [2.05, 4.69) is 68.2 Å². The van der Waals surface area contributed by atoms with Crippen LogP contribution in [0.15, 0.2) is 46.3 Å². The highest BCUT2D eigenvalue weighted by Crippen LogP contribution is 2.45. The number of halogens is 1. The SMILES string of the molecule is CCc1ccc(N=C2NC(=O)/C(=C/c3cc4c(cc3Cl)N(C)C(C)(C)CC4C)S2)cc1. The van der Waals surface area contributed by atoms with E-state index in [4.69, 9.17) is 11.6 Å². The van der Waals surface area contributed by atoms with Crippen molar-refractivity contribution in [2.75, 3.05) is 11.9 Å². The molecule has 0 bridgehead atoms. The van der Waals surface area contributed by atoms with Crippen LogP contribution >= 0.6 is 23.4 Å². The van der Waals surface area contributed by atoms with Crippen molar-refractivity contribution in [3.05, 3.63) is 63.0 Å². The lowest BCUT2D eigenvalue weighted by Gasteiger charge is -2.45. The Morgan fingerprint density at radius 1 is 1.29 bits per heavy atom. The standard InChI is InChI=1S/C25H28ClN3OS/c1-6-16-7-9-18(10-8-16)27-24-28-23(30)22(31-24)12-17-11-19-15(2)14-25(3,4)29(5)21(19)13-20(17)26/h7-13,15H,6,14H2,1-5H3,(H,27,28,30)/b22-12-. The minimum atomic E-state index is -0.144. The number of anilines is 1. The largest absolute Gasteiger partial charge is 0.369 e. The van der Waals surface area contributed by atoms with Gasteiger partial charge in [0, 0.05) is 23.3 Å². The molecule has 162 valence electrons. The molecule has 1 saturated heterocycles. The maximum Gasteiger partial charge on any atom is 0.264 e. The van der Waals surface area contributed by atoms with Gasteiger partial charge in [-0.05, 0) is 91.4 Å². The topological polar surface area (TPSA) is 44.7 Å². The second-order valence-corrected chi connectivity index (χ2v) is 10.3. The molecule has 0 spiro atoms. The normalized spacial score (nSPS) is 22.7. The Hall–Kier alpha value is -2.24. The van der Waals surface area contributed by atoms with E-state index >= 15 is 0 Å². The van der Waals surface area contributed by atoms with E-state index in [1.165, 1.54) is 22.9 Å². The van der Waals surface area contributed by atoms with Crippen molar-refractivity contribution in [3.8, 4) is 0 Å². The van der Waals surface area contributed by atoms with E-state index < -0.39 is 0 Å². The van der Waals surface area contributed by atoms with Crippen molar-refractivity contribution < 1.29 is 4.79 Å². The predicted octanol–water partition coefficient (Wildman–Crippen LogP) is 6.52. The summed E-state index contributed by atoms with van der Waals surface area (Å²) in [5.41, 5.74) is 5.47. The molecule has 0 aromatic heterocycles. The molecule has 2 aromatic rings. The predicted molar refractivity (Wildman–Crippen MR) is 134 cm³/mol. The van der Waals surface area contributed by atoms with Crippen LogP contribution in [0, 0.1) is 0 Å². The number of hydrogen-bond donors (Lipinski definition) is 1. The molecule has 1 atom stereocenters. The molecular weight excluding hydrogens is 426 g/mol. The maximum absolute atomic E-state index is 12.5. The van der Waals surface area contributed by atoms with Gasteiger partial charge in [0.1, 0.15) is 0 Å². The van der Waals surface area contributed by atoms with E-state index in [0.29, 0.717) is 21.0 Å². The van der Waals surface area contributed by atoms with E-state index in [0.717, 1.165) is 29.8 Å². The Morgan fingerprint density at radius 3 is 2.68 bits per heavy atom. The number of amides is 1. The van der Waals surface area contributed by atoms with Crippen LogP contribution < -0.4 is 10.2 Å². The highest BCUT2D eigenvalue weighted by atomic mass is 35.5. The number of carbonyl (C=O) groups excluding carboxylic acids is 1. The molecule has 0 saturated carbocycles. The van der Waals surface area contributed by atoms with Crippen molar-refractivity contribution in [1.29, 1.82) is 0 Å². The molecular formula is C25H28ClN3OS. The van der Waals surface area contributed by atoms with Gasteiger partial charge in [-0.15, -0.1) is 0 Å². The molecule has 6 heteroatoms. The summed E-state index contributed by atoms with van der Waals surface area (Å²) < 4.78 is 0. The van der Waals surface area contributed by atoms with Crippen LogP contribution in [-0.4, -0.2) is 23.7 Å². The number of hydrogen-bond acceptors (Lipinski definition) is 4. The second kappa shape index (κ2) is 8.36. The Balaban J connectivity index is 1.62. The van der Waals surface area contributed by atoms with Crippen LogP contribution in [0.5, 0.6) is 0 Å². The number of nitrogens with zero attached hydrogens (tertiary/aromatic N) is 2. The lowest BCUT2D eigenvalue weighted by atomic mass is 9.80. The number of aryl methyl sites for hydroxylation is 1. The zero-order chi connectivity index (χ0) is 22.3. The first-order valence-electron chi connectivity index (χ1n) is 10.6. The molecule has 2 aromatic carbocycles. The average Bonchev–Trinajstić information content (AvgIpc) is 3.06. The minimum Gasteiger partial charge on any atom is -0.369 e. The lowest BCUT2D eigenvalue weighted by molar-refractivity contribution is -0.115. The van der Waals surface area contributed by atoms with Crippen molar-refractivity contribution in [2.24, 2.45) is 4.99 Å². The van der Waals surface area contributed by atoms with Gasteiger partial charge >= 0.3 is 0 Å². The first-order valence-corrected chi connectivity index (χ1v) is 11.8. The Bertz CT molecular complexity index is 1090. The van der Waals surface area contributed by atoms with Gasteiger partial charge in [-0.25, -0.2) is 4.99 Å². The summed E-state index contributed by atoms with van der Waals surface area (Å²) in [6.07, 6.45) is 3.93. The zero-order valence-electron chi connectivity index (χ0n) is 18.6. The fourth-order valence-electron chi connectivity index (χ4n) is 4.26. The number of amidine groups is 1. The maximum atomic E-state index is 12.5. The number of benzene rings is 2. The van der Waals surface area contributed by atoms with Gasteiger partial charge in [-0.2, -0.15) is 0 Å². The molecule has 1 N–H and O–H groups in total. The summed E-state index contributed by atoms with van der Waals surface area (Å²) in [7, 11) is 2.12. The minimum absolute atomic E-state index is 0.0810. The summed E-state index contributed by atoms with van der Waals surface area (Å²) in [5.74, 6) is 0.276. The Labute approximate surface area is 193 Å². The Kier molecular flexibility index (Phi) is 5.93. The van der Waals surface area contributed by atoms with Crippen molar-refractivity contribution >= 4 is 51.9 Å². The third-order valence-electron chi connectivity index (χ3n) is 6.26.